The lowest BCUT2D eigenvalue weighted by molar-refractivity contribution is -0.129. The van der Waals surface area contributed by atoms with Crippen LogP contribution >= 0.6 is 0 Å². The predicted molar refractivity (Wildman–Crippen MR) is 127 cm³/mol. The highest BCUT2D eigenvalue weighted by atomic mass is 19.1. The molecule has 3 amide bonds. The Balaban J connectivity index is 1.28. The third-order valence-corrected chi connectivity index (χ3v) is 5.24. The summed E-state index contributed by atoms with van der Waals surface area (Å²) >= 11 is 0. The topological polar surface area (TPSA) is 101 Å². The number of aryl methyl sites for hydroxylation is 1. The van der Waals surface area contributed by atoms with Gasteiger partial charge in [-0.3, -0.25) is 25.2 Å². The minimum atomic E-state index is -0.676. The summed E-state index contributed by atoms with van der Waals surface area (Å²) in [6.07, 6.45) is 0. The van der Waals surface area contributed by atoms with Gasteiger partial charge in [0.05, 0.1) is 0 Å². The Kier molecular flexibility index (Phi) is 6.84. The summed E-state index contributed by atoms with van der Waals surface area (Å²) in [6.45, 7) is 2.12. The first-order valence-electron chi connectivity index (χ1n) is 10.7. The van der Waals surface area contributed by atoms with Crippen molar-refractivity contribution in [1.82, 2.24) is 15.4 Å². The molecule has 0 saturated heterocycles. The number of ether oxygens (including phenoxy) is 1. The lowest BCUT2D eigenvalue weighted by Gasteiger charge is -2.09. The molecule has 0 aliphatic carbocycles. The van der Waals surface area contributed by atoms with E-state index in [9.17, 15) is 18.8 Å². The van der Waals surface area contributed by atoms with Gasteiger partial charge in [-0.15, -0.1) is 0 Å². The van der Waals surface area contributed by atoms with Crippen LogP contribution in [0.4, 0.5) is 10.1 Å². The number of para-hydroxylation sites is 1. The van der Waals surface area contributed by atoms with Gasteiger partial charge in [0.1, 0.15) is 19.0 Å². The Bertz CT molecular complexity index is 1380. The van der Waals surface area contributed by atoms with E-state index in [1.807, 2.05) is 36.4 Å². The van der Waals surface area contributed by atoms with Gasteiger partial charge in [-0.05, 0) is 49.4 Å². The number of hydrogen-bond donors (Lipinski definition) is 3. The summed E-state index contributed by atoms with van der Waals surface area (Å²) in [5, 5.41) is 4.90. The molecule has 4 aromatic rings. The quantitative estimate of drug-likeness (QED) is 0.367. The van der Waals surface area contributed by atoms with Crippen LogP contribution in [0.3, 0.4) is 0 Å². The third-order valence-electron chi connectivity index (χ3n) is 5.24. The fraction of sp³-hybridized carbons (Fsp3) is 0.160. The van der Waals surface area contributed by atoms with E-state index in [2.05, 4.69) is 33.7 Å². The van der Waals surface area contributed by atoms with Crippen molar-refractivity contribution in [3.8, 4) is 0 Å². The van der Waals surface area contributed by atoms with Gasteiger partial charge >= 0.3 is 0 Å². The summed E-state index contributed by atoms with van der Waals surface area (Å²) < 4.78 is 20.5. The molecule has 3 N–H and O–H groups in total. The molecule has 0 aliphatic heterocycles. The Morgan fingerprint density at radius 2 is 1.62 bits per heavy atom. The molecule has 4 rings (SSSR count). The lowest BCUT2D eigenvalue weighted by atomic mass is 10.1. The van der Waals surface area contributed by atoms with E-state index in [4.69, 9.17) is 4.74 Å². The zero-order valence-corrected chi connectivity index (χ0v) is 18.4. The summed E-state index contributed by atoms with van der Waals surface area (Å²) in [4.78, 5) is 36.0. The minimum Gasteiger partial charge on any atom is -0.362 e. The highest BCUT2D eigenvalue weighted by molar-refractivity contribution is 6.09. The average Bonchev–Trinajstić information content (AvgIpc) is 3.15. The zero-order valence-electron chi connectivity index (χ0n) is 18.4. The van der Waals surface area contributed by atoms with Gasteiger partial charge in [0.25, 0.3) is 11.8 Å². The molecule has 9 heteroatoms. The van der Waals surface area contributed by atoms with Crippen LogP contribution in [0.5, 0.6) is 0 Å². The molecule has 0 spiro atoms. The van der Waals surface area contributed by atoms with Crippen LogP contribution < -0.4 is 16.2 Å². The number of aromatic nitrogens is 1. The second-order valence-corrected chi connectivity index (χ2v) is 7.55. The average molecular weight is 462 g/mol. The summed E-state index contributed by atoms with van der Waals surface area (Å²) in [7, 11) is 0. The molecule has 174 valence electrons. The van der Waals surface area contributed by atoms with E-state index in [-0.39, 0.29) is 12.2 Å². The van der Waals surface area contributed by atoms with Crippen LogP contribution in [-0.2, 0) is 20.9 Å². The molecule has 0 fully saturated rings. The molecule has 0 atom stereocenters. The van der Waals surface area contributed by atoms with Crippen molar-refractivity contribution in [2.45, 2.75) is 13.5 Å². The van der Waals surface area contributed by atoms with Gasteiger partial charge in [0.15, 0.2) is 0 Å². The van der Waals surface area contributed by atoms with Crippen molar-refractivity contribution >= 4 is 45.2 Å². The standard InChI is InChI=1S/C25H23FN4O4/c1-2-30-21-9-4-3-8-19(21)20-13-18(10-11-22(20)30)27-23(31)14-34-15-24(32)28-29-25(33)16-6-5-7-17(26)12-16/h3-13H,2,14-15H2,1H3,(H,27,31)(H,28,32)(H,29,33). The largest absolute Gasteiger partial charge is 0.362 e. The minimum absolute atomic E-state index is 0.0552. The first kappa shape index (κ1) is 22.9. The van der Waals surface area contributed by atoms with Crippen LogP contribution in [0, 0.1) is 5.82 Å². The molecular formula is C25H23FN4O4. The molecule has 0 aliphatic rings. The van der Waals surface area contributed by atoms with Gasteiger partial charge < -0.3 is 14.6 Å². The van der Waals surface area contributed by atoms with Crippen LogP contribution in [0.15, 0.2) is 66.7 Å². The number of nitrogens with one attached hydrogen (secondary N) is 3. The zero-order chi connectivity index (χ0) is 24.1. The second kappa shape index (κ2) is 10.1. The number of anilines is 1. The van der Waals surface area contributed by atoms with Crippen LogP contribution in [0.2, 0.25) is 0 Å². The van der Waals surface area contributed by atoms with Gasteiger partial charge in [-0.2, -0.15) is 0 Å². The number of benzene rings is 3. The highest BCUT2D eigenvalue weighted by Crippen LogP contribution is 2.30. The molecule has 3 aromatic carbocycles. The smallest absolute Gasteiger partial charge is 0.269 e. The number of hydrogen-bond acceptors (Lipinski definition) is 4. The highest BCUT2D eigenvalue weighted by Gasteiger charge is 2.12. The molecule has 0 radical (unpaired) electrons. The summed E-state index contributed by atoms with van der Waals surface area (Å²) in [5.74, 6) is -2.32. The molecule has 8 nitrogen and oxygen atoms in total. The van der Waals surface area contributed by atoms with Gasteiger partial charge in [-0.25, -0.2) is 4.39 Å². The molecular weight excluding hydrogens is 439 g/mol. The first-order valence-corrected chi connectivity index (χ1v) is 10.7. The van der Waals surface area contributed by atoms with Crippen molar-refractivity contribution in [2.75, 3.05) is 18.5 Å². The van der Waals surface area contributed by atoms with Crippen molar-refractivity contribution in [3.05, 3.63) is 78.1 Å². The number of rotatable bonds is 7. The normalized spacial score (nSPS) is 10.9. The second-order valence-electron chi connectivity index (χ2n) is 7.55. The maximum atomic E-state index is 13.2. The number of amides is 3. The number of nitrogens with zero attached hydrogens (tertiary/aromatic N) is 1. The maximum absolute atomic E-state index is 13.2. The van der Waals surface area contributed by atoms with Crippen LogP contribution in [0.1, 0.15) is 17.3 Å². The number of halogens is 1. The fourth-order valence-corrected chi connectivity index (χ4v) is 3.77. The summed E-state index contributed by atoms with van der Waals surface area (Å²) in [5.41, 5.74) is 7.18. The van der Waals surface area contributed by atoms with Crippen molar-refractivity contribution in [1.29, 1.82) is 0 Å². The molecule has 1 aromatic heterocycles. The van der Waals surface area contributed by atoms with Gasteiger partial charge in [0, 0.05) is 39.6 Å². The molecule has 0 saturated carbocycles. The molecule has 34 heavy (non-hydrogen) atoms. The van der Waals surface area contributed by atoms with Gasteiger partial charge in [0.2, 0.25) is 5.91 Å². The van der Waals surface area contributed by atoms with E-state index >= 15 is 0 Å². The van der Waals surface area contributed by atoms with E-state index in [1.165, 1.54) is 18.2 Å². The van der Waals surface area contributed by atoms with E-state index in [1.54, 1.807) is 0 Å². The maximum Gasteiger partial charge on any atom is 0.269 e. The van der Waals surface area contributed by atoms with Crippen molar-refractivity contribution in [3.63, 3.8) is 0 Å². The first-order chi connectivity index (χ1) is 16.5. The third kappa shape index (κ3) is 5.05. The fourth-order valence-electron chi connectivity index (χ4n) is 3.77. The Morgan fingerprint density at radius 3 is 2.41 bits per heavy atom. The van der Waals surface area contributed by atoms with E-state index in [0.29, 0.717) is 5.69 Å². The van der Waals surface area contributed by atoms with E-state index < -0.39 is 30.1 Å². The van der Waals surface area contributed by atoms with Crippen molar-refractivity contribution < 1.29 is 23.5 Å². The van der Waals surface area contributed by atoms with Crippen LogP contribution in [0.25, 0.3) is 21.8 Å². The SMILES string of the molecule is CCn1c2ccccc2c2cc(NC(=O)COCC(=O)NNC(=O)c3cccc(F)c3)ccc21. The Labute approximate surface area is 194 Å². The number of carbonyl (C=O) groups is 3. The number of carbonyl (C=O) groups excluding carboxylic acids is 3. The van der Waals surface area contributed by atoms with E-state index in [0.717, 1.165) is 34.4 Å². The number of hydrazine groups is 1. The van der Waals surface area contributed by atoms with Gasteiger partial charge in [-0.1, -0.05) is 24.3 Å². The monoisotopic (exact) mass is 462 g/mol. The molecule has 0 unspecified atom stereocenters. The lowest BCUT2D eigenvalue weighted by Crippen LogP contribution is -2.43. The number of fused-ring (bicyclic) bond motifs is 3. The molecule has 0 bridgehead atoms. The van der Waals surface area contributed by atoms with Crippen LogP contribution in [-0.4, -0.2) is 35.5 Å². The summed E-state index contributed by atoms with van der Waals surface area (Å²) in [6, 6.07) is 18.8. The molecule has 1 heterocycles. The van der Waals surface area contributed by atoms with Crippen molar-refractivity contribution in [2.24, 2.45) is 0 Å². The predicted octanol–water partition coefficient (Wildman–Crippen LogP) is 3.37. The Hall–Kier alpha value is -4.24. The Morgan fingerprint density at radius 1 is 0.853 bits per heavy atom.